The highest BCUT2D eigenvalue weighted by Gasteiger charge is 2.25. The molecule has 1 atom stereocenters. The Labute approximate surface area is 208 Å². The molecule has 36 heavy (non-hydrogen) atoms. The molecule has 184 valence electrons. The number of nitrogens with zero attached hydrogens (tertiary/aromatic N) is 4. The molecule has 1 aliphatic heterocycles. The van der Waals surface area contributed by atoms with Crippen LogP contribution in [0.4, 0.5) is 23.1 Å². The van der Waals surface area contributed by atoms with Crippen molar-refractivity contribution in [2.24, 2.45) is 0 Å². The molecule has 4 heterocycles. The number of benzene rings is 1. The second-order valence-corrected chi connectivity index (χ2v) is 8.97. The highest BCUT2D eigenvalue weighted by atomic mass is 16.3. The first-order chi connectivity index (χ1) is 17.4. The summed E-state index contributed by atoms with van der Waals surface area (Å²) < 4.78 is 1.64. The number of hydrogen-bond donors (Lipinski definition) is 3. The fourth-order valence-electron chi connectivity index (χ4n) is 4.38. The number of β-amino-alcohol motifs (C(OH)–C–C–N with tert-alkyl or cyclic N) is 1. The third kappa shape index (κ3) is 4.78. The maximum absolute atomic E-state index is 13.2. The van der Waals surface area contributed by atoms with Crippen LogP contribution < -0.4 is 16.2 Å². The van der Waals surface area contributed by atoms with Gasteiger partial charge in [-0.05, 0) is 79.7 Å². The quantitative estimate of drug-likeness (QED) is 0.381. The minimum Gasteiger partial charge on any atom is -0.391 e. The summed E-state index contributed by atoms with van der Waals surface area (Å²) in [6.07, 6.45) is 3.64. The fourth-order valence-corrected chi connectivity index (χ4v) is 4.38. The summed E-state index contributed by atoms with van der Waals surface area (Å²) in [5.74, 6) is 1.52. The monoisotopic (exact) mass is 484 g/mol. The van der Waals surface area contributed by atoms with Crippen LogP contribution in [0.15, 0.2) is 65.7 Å². The van der Waals surface area contributed by atoms with Gasteiger partial charge in [-0.1, -0.05) is 0 Å². The lowest BCUT2D eigenvalue weighted by Gasteiger charge is -2.16. The van der Waals surface area contributed by atoms with Crippen molar-refractivity contribution in [1.82, 2.24) is 19.4 Å². The predicted octanol–water partition coefficient (Wildman–Crippen LogP) is 3.81. The summed E-state index contributed by atoms with van der Waals surface area (Å²) in [6, 6.07) is 14.6. The second-order valence-electron chi connectivity index (χ2n) is 8.97. The van der Waals surface area contributed by atoms with Gasteiger partial charge in [-0.25, -0.2) is 9.97 Å². The summed E-state index contributed by atoms with van der Waals surface area (Å²) in [7, 11) is 0. The van der Waals surface area contributed by atoms with Crippen molar-refractivity contribution in [3.63, 3.8) is 0 Å². The third-order valence-corrected chi connectivity index (χ3v) is 6.32. The number of rotatable bonds is 6. The lowest BCUT2D eigenvalue weighted by molar-refractivity contribution is 0.0765. The van der Waals surface area contributed by atoms with Crippen molar-refractivity contribution in [1.29, 1.82) is 0 Å². The number of aliphatic hydroxyl groups excluding tert-OH is 1. The van der Waals surface area contributed by atoms with Crippen molar-refractivity contribution in [2.45, 2.75) is 32.9 Å². The number of pyridine rings is 3. The number of amides is 1. The van der Waals surface area contributed by atoms with E-state index in [1.807, 2.05) is 38.1 Å². The lowest BCUT2D eigenvalue weighted by Crippen LogP contribution is -2.29. The Kier molecular flexibility index (Phi) is 6.39. The number of aliphatic hydroxyl groups is 1. The predicted molar refractivity (Wildman–Crippen MR) is 140 cm³/mol. The van der Waals surface area contributed by atoms with Gasteiger partial charge in [0.25, 0.3) is 11.5 Å². The Balaban J connectivity index is 1.48. The molecule has 1 aromatic carbocycles. The van der Waals surface area contributed by atoms with Gasteiger partial charge in [0.05, 0.1) is 11.5 Å². The van der Waals surface area contributed by atoms with Gasteiger partial charge in [0.15, 0.2) is 0 Å². The number of likely N-dealkylation sites (tertiary alicyclic amines) is 1. The van der Waals surface area contributed by atoms with E-state index in [2.05, 4.69) is 15.6 Å². The summed E-state index contributed by atoms with van der Waals surface area (Å²) in [5.41, 5.74) is 2.17. The normalized spacial score (nSPS) is 15.3. The average Bonchev–Trinajstić information content (AvgIpc) is 3.30. The van der Waals surface area contributed by atoms with Crippen molar-refractivity contribution in [3.8, 4) is 0 Å². The molecule has 0 spiro atoms. The number of carbonyl (C=O) groups excluding carboxylic acids is 1. The molecule has 1 fully saturated rings. The molecule has 1 unspecified atom stereocenters. The zero-order valence-corrected chi connectivity index (χ0v) is 20.2. The third-order valence-electron chi connectivity index (χ3n) is 6.32. The van der Waals surface area contributed by atoms with Gasteiger partial charge in [-0.15, -0.1) is 0 Å². The fraction of sp³-hybridized carbons (Fsp3) is 0.259. The molecular formula is C27H28N6O3. The van der Waals surface area contributed by atoms with Gasteiger partial charge in [0.1, 0.15) is 17.5 Å². The Bertz CT molecular complexity index is 1480. The Hall–Kier alpha value is -4.24. The molecule has 3 N–H and O–H groups in total. The smallest absolute Gasteiger partial charge is 0.262 e. The molecule has 9 heteroatoms. The molecule has 0 radical (unpaired) electrons. The van der Waals surface area contributed by atoms with E-state index in [9.17, 15) is 14.7 Å². The van der Waals surface area contributed by atoms with E-state index in [-0.39, 0.29) is 11.5 Å². The molecule has 1 amide bonds. The zero-order chi connectivity index (χ0) is 25.2. The lowest BCUT2D eigenvalue weighted by atomic mass is 10.1. The van der Waals surface area contributed by atoms with Gasteiger partial charge in [-0.2, -0.15) is 0 Å². The van der Waals surface area contributed by atoms with Crippen LogP contribution in [-0.4, -0.2) is 49.6 Å². The van der Waals surface area contributed by atoms with Crippen molar-refractivity contribution in [2.75, 3.05) is 23.7 Å². The molecular weight excluding hydrogens is 456 g/mol. The van der Waals surface area contributed by atoms with E-state index in [1.54, 1.807) is 46.1 Å². The van der Waals surface area contributed by atoms with E-state index in [1.165, 1.54) is 0 Å². The first-order valence-corrected chi connectivity index (χ1v) is 12.0. The van der Waals surface area contributed by atoms with E-state index in [4.69, 9.17) is 4.98 Å². The van der Waals surface area contributed by atoms with Crippen LogP contribution >= 0.6 is 0 Å². The minimum atomic E-state index is -0.461. The number of hydrogen-bond acceptors (Lipinski definition) is 7. The van der Waals surface area contributed by atoms with Gasteiger partial charge >= 0.3 is 0 Å². The Morgan fingerprint density at radius 1 is 1.11 bits per heavy atom. The number of carbonyl (C=O) groups is 1. The van der Waals surface area contributed by atoms with Crippen LogP contribution in [0.1, 0.15) is 29.3 Å². The van der Waals surface area contributed by atoms with Gasteiger partial charge in [-0.3, -0.25) is 9.59 Å². The Morgan fingerprint density at radius 3 is 2.61 bits per heavy atom. The molecule has 9 nitrogen and oxygen atoms in total. The summed E-state index contributed by atoms with van der Waals surface area (Å²) >= 11 is 0. The first-order valence-electron chi connectivity index (χ1n) is 12.0. The summed E-state index contributed by atoms with van der Waals surface area (Å²) in [6.45, 7) is 5.36. The highest BCUT2D eigenvalue weighted by molar-refractivity contribution is 5.96. The zero-order valence-electron chi connectivity index (χ0n) is 20.2. The second kappa shape index (κ2) is 9.79. The van der Waals surface area contributed by atoms with Crippen LogP contribution in [0.3, 0.4) is 0 Å². The maximum atomic E-state index is 13.2. The number of nitrogens with one attached hydrogen (secondary N) is 2. The van der Waals surface area contributed by atoms with E-state index >= 15 is 0 Å². The summed E-state index contributed by atoms with van der Waals surface area (Å²) in [4.78, 5) is 36.6. The van der Waals surface area contributed by atoms with Crippen LogP contribution in [0.2, 0.25) is 0 Å². The van der Waals surface area contributed by atoms with Gasteiger partial charge in [0.2, 0.25) is 0 Å². The van der Waals surface area contributed by atoms with E-state index in [0.29, 0.717) is 60.1 Å². The molecule has 0 bridgehead atoms. The van der Waals surface area contributed by atoms with Crippen molar-refractivity contribution < 1.29 is 9.90 Å². The highest BCUT2D eigenvalue weighted by Crippen LogP contribution is 2.27. The molecule has 3 aromatic heterocycles. The van der Waals surface area contributed by atoms with Gasteiger partial charge in [0, 0.05) is 43.3 Å². The number of fused-ring (bicyclic) bond motifs is 1. The molecule has 5 rings (SSSR count). The number of aromatic nitrogens is 3. The van der Waals surface area contributed by atoms with E-state index in [0.717, 1.165) is 10.9 Å². The number of anilines is 4. The van der Waals surface area contributed by atoms with Crippen molar-refractivity contribution in [3.05, 3.63) is 82.4 Å². The SMILES string of the molecule is CCn1ccc2cc(Nc3cc(C)ccn3)nc(Nc3ccc(C(=O)N4CCC(O)C4)cc3)c2c1=O. The van der Waals surface area contributed by atoms with Crippen molar-refractivity contribution >= 4 is 39.8 Å². The Morgan fingerprint density at radius 2 is 1.92 bits per heavy atom. The van der Waals surface area contributed by atoms with Crippen LogP contribution in [0, 0.1) is 6.92 Å². The largest absolute Gasteiger partial charge is 0.391 e. The average molecular weight is 485 g/mol. The first kappa shape index (κ1) is 23.5. The topological polar surface area (TPSA) is 112 Å². The minimum absolute atomic E-state index is 0.107. The van der Waals surface area contributed by atoms with Crippen LogP contribution in [0.25, 0.3) is 10.8 Å². The molecule has 4 aromatic rings. The van der Waals surface area contributed by atoms with Gasteiger partial charge < -0.3 is 25.2 Å². The van der Waals surface area contributed by atoms with Crippen LogP contribution in [0.5, 0.6) is 0 Å². The molecule has 0 aliphatic carbocycles. The van der Waals surface area contributed by atoms with Crippen LogP contribution in [-0.2, 0) is 6.54 Å². The van der Waals surface area contributed by atoms with E-state index < -0.39 is 6.10 Å². The summed E-state index contributed by atoms with van der Waals surface area (Å²) in [5, 5.41) is 17.5. The number of aryl methyl sites for hydroxylation is 2. The molecule has 0 saturated carbocycles. The maximum Gasteiger partial charge on any atom is 0.262 e. The standard InChI is InChI=1S/C27H28N6O3/c1-3-32-12-9-19-15-23(30-22-14-17(2)8-11-28-22)31-25(24(19)27(32)36)29-20-6-4-18(5-7-20)26(35)33-13-10-21(34)16-33/h4-9,11-12,14-15,21,34H,3,10,13,16H2,1-2H3,(H2,28,29,30,31). The molecule has 1 saturated heterocycles. The molecule has 1 aliphatic rings.